The van der Waals surface area contributed by atoms with Crippen LogP contribution < -0.4 is 4.90 Å². The van der Waals surface area contributed by atoms with Crippen molar-refractivity contribution in [1.29, 1.82) is 0 Å². The Morgan fingerprint density at radius 2 is 0.881 bits per heavy atom. The third-order valence-corrected chi connectivity index (χ3v) is 15.5. The van der Waals surface area contributed by atoms with Gasteiger partial charge in [-0.15, -0.1) is 0 Å². The molecule has 0 fully saturated rings. The van der Waals surface area contributed by atoms with Crippen molar-refractivity contribution in [3.63, 3.8) is 0 Å². The summed E-state index contributed by atoms with van der Waals surface area (Å²) in [5, 5.41) is 5.08. The van der Waals surface area contributed by atoms with Gasteiger partial charge in [-0.25, -0.2) is 0 Å². The van der Waals surface area contributed by atoms with Crippen LogP contribution in [-0.4, -0.2) is 0 Å². The number of nitrogens with zero attached hydrogens (tertiary/aromatic N) is 1. The van der Waals surface area contributed by atoms with Gasteiger partial charge in [0.15, 0.2) is 0 Å². The van der Waals surface area contributed by atoms with Crippen LogP contribution in [0.4, 0.5) is 17.1 Å². The maximum Gasteiger partial charge on any atom is 0.0729 e. The molecule has 0 radical (unpaired) electrons. The first-order valence-corrected chi connectivity index (χ1v) is 23.7. The second-order valence-electron chi connectivity index (χ2n) is 18.5. The molecule has 0 aliphatic heterocycles. The van der Waals surface area contributed by atoms with Crippen LogP contribution in [0.15, 0.2) is 243 Å². The largest absolute Gasteiger partial charge is 0.309 e. The van der Waals surface area contributed by atoms with Crippen LogP contribution in [0.2, 0.25) is 0 Å². The minimum atomic E-state index is -0.552. The van der Waals surface area contributed by atoms with Crippen LogP contribution in [0.3, 0.4) is 0 Å². The fraction of sp³-hybridized carbons (Fsp3) is 0.0606. The Morgan fingerprint density at radius 3 is 1.61 bits per heavy atom. The summed E-state index contributed by atoms with van der Waals surface area (Å²) in [6, 6.07) is 91.7. The molecule has 0 amide bonds. The maximum absolute atomic E-state index is 2.59. The van der Waals surface area contributed by atoms with E-state index in [1.807, 2.05) is 0 Å². The lowest BCUT2D eigenvalue weighted by molar-refractivity contribution is 0.759. The molecule has 314 valence electrons. The number of anilines is 3. The highest BCUT2D eigenvalue weighted by atomic mass is 15.1. The standard InChI is InChI=1S/C66H45N/c1-2-43-38-39-45-22-17-31-53-51-29-12-15-33-56(51)66(64(43)62(45)53)55-32-14-11-28-50(55)52-41-40-48(42-59(52)66)67(60-36-18-21-44-20-9-10-27-49(44)60)61-37-19-35-58-63(61)54-30-13-16-34-57(54)65(58,46-23-5-3-6-24-46)47-25-7-4-8-26-47/h3-42H,2H2,1H3. The molecule has 1 heteroatoms. The van der Waals surface area contributed by atoms with Crippen molar-refractivity contribution in [2.75, 3.05) is 4.90 Å². The summed E-state index contributed by atoms with van der Waals surface area (Å²) in [5.74, 6) is 0. The smallest absolute Gasteiger partial charge is 0.0729 e. The number of hydrogen-bond donors (Lipinski definition) is 0. The van der Waals surface area contributed by atoms with Gasteiger partial charge in [0, 0.05) is 16.6 Å². The summed E-state index contributed by atoms with van der Waals surface area (Å²) >= 11 is 0. The molecule has 14 rings (SSSR count). The lowest BCUT2D eigenvalue weighted by Crippen LogP contribution is -2.33. The van der Waals surface area contributed by atoms with Crippen LogP contribution in [0, 0.1) is 0 Å². The summed E-state index contributed by atoms with van der Waals surface area (Å²) in [4.78, 5) is 2.59. The molecule has 0 N–H and O–H groups in total. The number of hydrogen-bond acceptors (Lipinski definition) is 1. The van der Waals surface area contributed by atoms with E-state index in [-0.39, 0.29) is 0 Å². The van der Waals surface area contributed by atoms with E-state index in [1.54, 1.807) is 0 Å². The fourth-order valence-electron chi connectivity index (χ4n) is 13.0. The Kier molecular flexibility index (Phi) is 8.16. The molecule has 0 saturated carbocycles. The zero-order valence-electron chi connectivity index (χ0n) is 37.2. The average molecular weight is 852 g/mol. The molecule has 0 aromatic heterocycles. The molecule has 0 heterocycles. The summed E-state index contributed by atoms with van der Waals surface area (Å²) in [6.07, 6.45) is 0.934. The molecule has 67 heavy (non-hydrogen) atoms. The first-order valence-electron chi connectivity index (χ1n) is 23.7. The SMILES string of the molecule is CCc1ccc2cccc3c2c1C1(c2ccccc2-c2ccc(N(c4cccc5c4-c4ccccc4C5(c4ccccc4)c4ccccc4)c4cccc5ccccc45)cc21)c1ccccc1-3. The van der Waals surface area contributed by atoms with Crippen molar-refractivity contribution in [3.05, 3.63) is 293 Å². The highest BCUT2D eigenvalue weighted by Gasteiger charge is 2.52. The molecular weight excluding hydrogens is 807 g/mol. The predicted molar refractivity (Wildman–Crippen MR) is 279 cm³/mol. The Bertz CT molecular complexity index is 3760. The molecule has 11 aromatic rings. The molecular formula is C66H45N. The molecule has 1 atom stereocenters. The van der Waals surface area contributed by atoms with E-state index in [0.717, 1.165) is 23.5 Å². The van der Waals surface area contributed by atoms with Gasteiger partial charge in [-0.2, -0.15) is 0 Å². The van der Waals surface area contributed by atoms with Crippen molar-refractivity contribution in [1.82, 2.24) is 0 Å². The summed E-state index contributed by atoms with van der Waals surface area (Å²) in [7, 11) is 0. The van der Waals surface area contributed by atoms with Crippen molar-refractivity contribution < 1.29 is 0 Å². The quantitative estimate of drug-likeness (QED) is 0.161. The monoisotopic (exact) mass is 851 g/mol. The van der Waals surface area contributed by atoms with Crippen LogP contribution in [0.25, 0.3) is 54.9 Å². The lowest BCUT2D eigenvalue weighted by Gasteiger charge is -2.41. The van der Waals surface area contributed by atoms with E-state index in [2.05, 4.69) is 254 Å². The Labute approximate surface area is 391 Å². The molecule has 1 unspecified atom stereocenters. The van der Waals surface area contributed by atoms with Crippen molar-refractivity contribution in [2.45, 2.75) is 24.2 Å². The fourth-order valence-corrected chi connectivity index (χ4v) is 13.0. The van der Waals surface area contributed by atoms with E-state index in [4.69, 9.17) is 0 Å². The minimum Gasteiger partial charge on any atom is -0.309 e. The highest BCUT2D eigenvalue weighted by molar-refractivity contribution is 6.09. The lowest BCUT2D eigenvalue weighted by atomic mass is 9.60. The van der Waals surface area contributed by atoms with Gasteiger partial charge in [0.25, 0.3) is 0 Å². The second-order valence-corrected chi connectivity index (χ2v) is 18.5. The number of fused-ring (bicyclic) bond motifs is 13. The predicted octanol–water partition coefficient (Wildman–Crippen LogP) is 16.7. The molecule has 11 aromatic carbocycles. The van der Waals surface area contributed by atoms with Gasteiger partial charge < -0.3 is 4.90 Å². The van der Waals surface area contributed by atoms with Crippen molar-refractivity contribution in [3.8, 4) is 33.4 Å². The second kappa shape index (κ2) is 14.4. The topological polar surface area (TPSA) is 3.24 Å². The summed E-state index contributed by atoms with van der Waals surface area (Å²) in [6.45, 7) is 2.33. The van der Waals surface area contributed by atoms with Crippen molar-refractivity contribution in [2.24, 2.45) is 0 Å². The van der Waals surface area contributed by atoms with Gasteiger partial charge in [-0.1, -0.05) is 225 Å². The minimum absolute atomic E-state index is 0.535. The van der Waals surface area contributed by atoms with E-state index < -0.39 is 10.8 Å². The normalized spacial score (nSPS) is 15.5. The third-order valence-electron chi connectivity index (χ3n) is 15.5. The summed E-state index contributed by atoms with van der Waals surface area (Å²) < 4.78 is 0. The van der Waals surface area contributed by atoms with Gasteiger partial charge in [-0.3, -0.25) is 0 Å². The van der Waals surface area contributed by atoms with Gasteiger partial charge >= 0.3 is 0 Å². The first-order chi connectivity index (χ1) is 33.2. The van der Waals surface area contributed by atoms with E-state index in [0.29, 0.717) is 0 Å². The number of benzene rings is 11. The molecule has 0 saturated heterocycles. The van der Waals surface area contributed by atoms with Gasteiger partial charge in [0.1, 0.15) is 0 Å². The zero-order chi connectivity index (χ0) is 44.3. The number of rotatable bonds is 6. The number of aryl methyl sites for hydroxylation is 1. The van der Waals surface area contributed by atoms with Gasteiger partial charge in [-0.05, 0) is 125 Å². The van der Waals surface area contributed by atoms with Crippen LogP contribution in [0.1, 0.15) is 57.0 Å². The Balaban J connectivity index is 1.12. The van der Waals surface area contributed by atoms with E-state index >= 15 is 0 Å². The maximum atomic E-state index is 2.59. The average Bonchev–Trinajstić information content (AvgIpc) is 3.87. The molecule has 3 aliphatic carbocycles. The molecule has 3 aliphatic rings. The molecule has 1 nitrogen and oxygen atoms in total. The summed E-state index contributed by atoms with van der Waals surface area (Å²) in [5.41, 5.74) is 22.0. The van der Waals surface area contributed by atoms with Gasteiger partial charge in [0.2, 0.25) is 0 Å². The third kappa shape index (κ3) is 4.98. The van der Waals surface area contributed by atoms with Crippen LogP contribution in [-0.2, 0) is 17.3 Å². The van der Waals surface area contributed by atoms with Gasteiger partial charge in [0.05, 0.1) is 22.2 Å². The van der Waals surface area contributed by atoms with Crippen molar-refractivity contribution >= 4 is 38.6 Å². The zero-order valence-corrected chi connectivity index (χ0v) is 37.2. The first kappa shape index (κ1) is 38.1. The molecule has 1 spiro atoms. The van der Waals surface area contributed by atoms with Crippen LogP contribution >= 0.6 is 0 Å². The van der Waals surface area contributed by atoms with E-state index in [9.17, 15) is 0 Å². The highest BCUT2D eigenvalue weighted by Crippen LogP contribution is 2.64. The van der Waals surface area contributed by atoms with Crippen LogP contribution in [0.5, 0.6) is 0 Å². The van der Waals surface area contributed by atoms with E-state index in [1.165, 1.54) is 105 Å². The molecule has 0 bridgehead atoms. The Morgan fingerprint density at radius 1 is 0.358 bits per heavy atom. The Hall–Kier alpha value is -8.26.